The van der Waals surface area contributed by atoms with E-state index in [0.29, 0.717) is 30.7 Å². The van der Waals surface area contributed by atoms with E-state index in [-0.39, 0.29) is 30.7 Å². The second kappa shape index (κ2) is 7.08. The molecule has 0 bridgehead atoms. The van der Waals surface area contributed by atoms with E-state index in [1.54, 1.807) is 31.2 Å². The maximum atomic E-state index is 12.5. The Balaban J connectivity index is 1.76. The number of ether oxygens (including phenoxy) is 1. The van der Waals surface area contributed by atoms with E-state index < -0.39 is 11.8 Å². The third-order valence-corrected chi connectivity index (χ3v) is 4.81. The normalized spacial score (nSPS) is 23.2. The smallest absolute Gasteiger partial charge is 0.258 e. The first-order chi connectivity index (χ1) is 12.5. The first-order valence-corrected chi connectivity index (χ1v) is 8.57. The SMILES string of the molecule is C#CCNC(=O)[C@H](C)N1CC[C@]2(CCC1=O)NC(=O)c1ccccc1O2. The highest BCUT2D eigenvalue weighted by molar-refractivity contribution is 5.98. The number of fused-ring (bicyclic) bond motifs is 1. The maximum absolute atomic E-state index is 12.5. The van der Waals surface area contributed by atoms with Gasteiger partial charge in [0.1, 0.15) is 11.8 Å². The number of hydrogen-bond acceptors (Lipinski definition) is 4. The minimum atomic E-state index is -0.940. The number of benzene rings is 1. The zero-order chi connectivity index (χ0) is 18.7. The van der Waals surface area contributed by atoms with Gasteiger partial charge in [0.15, 0.2) is 5.72 Å². The van der Waals surface area contributed by atoms with Crippen molar-refractivity contribution in [2.45, 2.75) is 38.0 Å². The summed E-state index contributed by atoms with van der Waals surface area (Å²) >= 11 is 0. The number of rotatable bonds is 3. The molecule has 3 rings (SSSR count). The molecule has 1 fully saturated rings. The molecule has 1 spiro atoms. The Hall–Kier alpha value is -3.01. The first kappa shape index (κ1) is 17.8. The Bertz CT molecular complexity index is 785. The largest absolute Gasteiger partial charge is 0.467 e. The molecule has 0 radical (unpaired) electrons. The summed E-state index contributed by atoms with van der Waals surface area (Å²) in [5, 5.41) is 5.50. The molecular weight excluding hydrogens is 334 g/mol. The van der Waals surface area contributed by atoms with Crippen molar-refractivity contribution in [2.24, 2.45) is 0 Å². The van der Waals surface area contributed by atoms with Crippen LogP contribution in [0.4, 0.5) is 0 Å². The fourth-order valence-electron chi connectivity index (χ4n) is 3.32. The number of hydrogen-bond donors (Lipinski definition) is 2. The lowest BCUT2D eigenvalue weighted by Gasteiger charge is -2.38. The van der Waals surface area contributed by atoms with Gasteiger partial charge in [-0.3, -0.25) is 14.4 Å². The second-order valence-corrected chi connectivity index (χ2v) is 6.48. The van der Waals surface area contributed by atoms with Crippen LogP contribution >= 0.6 is 0 Å². The molecule has 1 saturated heterocycles. The Morgan fingerprint density at radius 3 is 2.96 bits per heavy atom. The lowest BCUT2D eigenvalue weighted by Crippen LogP contribution is -2.56. The highest BCUT2D eigenvalue weighted by Crippen LogP contribution is 2.33. The van der Waals surface area contributed by atoms with E-state index >= 15 is 0 Å². The molecule has 7 nitrogen and oxygen atoms in total. The van der Waals surface area contributed by atoms with Gasteiger partial charge in [0.2, 0.25) is 11.8 Å². The van der Waals surface area contributed by atoms with Gasteiger partial charge in [-0.1, -0.05) is 18.1 Å². The van der Waals surface area contributed by atoms with Crippen molar-refractivity contribution in [1.29, 1.82) is 0 Å². The van der Waals surface area contributed by atoms with Crippen LogP contribution in [-0.2, 0) is 9.59 Å². The lowest BCUT2D eigenvalue weighted by atomic mass is 10.0. The van der Waals surface area contributed by atoms with Crippen LogP contribution in [0, 0.1) is 12.3 Å². The third kappa shape index (κ3) is 3.36. The van der Waals surface area contributed by atoms with Gasteiger partial charge in [0.05, 0.1) is 12.1 Å². The van der Waals surface area contributed by atoms with E-state index in [9.17, 15) is 14.4 Å². The van der Waals surface area contributed by atoms with Gasteiger partial charge in [-0.15, -0.1) is 6.42 Å². The summed E-state index contributed by atoms with van der Waals surface area (Å²) in [6.45, 7) is 2.08. The predicted molar refractivity (Wildman–Crippen MR) is 94.1 cm³/mol. The van der Waals surface area contributed by atoms with Crippen LogP contribution in [-0.4, -0.2) is 47.5 Å². The minimum absolute atomic E-state index is 0.116. The van der Waals surface area contributed by atoms with Crippen molar-refractivity contribution in [3.63, 3.8) is 0 Å². The van der Waals surface area contributed by atoms with E-state index in [1.165, 1.54) is 4.90 Å². The molecule has 26 heavy (non-hydrogen) atoms. The molecule has 0 aliphatic carbocycles. The first-order valence-electron chi connectivity index (χ1n) is 8.57. The topological polar surface area (TPSA) is 87.7 Å². The van der Waals surface area contributed by atoms with Crippen molar-refractivity contribution >= 4 is 17.7 Å². The molecule has 1 aromatic carbocycles. The number of amides is 3. The molecule has 0 aromatic heterocycles. The summed E-state index contributed by atoms with van der Waals surface area (Å²) in [5.74, 6) is 2.18. The standard InChI is InChI=1S/C19H21N3O4/c1-3-11-20-17(24)13(2)22-12-10-19(9-8-16(22)23)21-18(25)14-6-4-5-7-15(14)26-19/h1,4-7,13H,8-12H2,2H3,(H,20,24)(H,21,25)/t13-,19+/m0/s1. The Morgan fingerprint density at radius 2 is 2.19 bits per heavy atom. The van der Waals surface area contributed by atoms with E-state index in [1.807, 2.05) is 0 Å². The maximum Gasteiger partial charge on any atom is 0.258 e. The lowest BCUT2D eigenvalue weighted by molar-refractivity contribution is -0.139. The van der Waals surface area contributed by atoms with Gasteiger partial charge in [-0.25, -0.2) is 0 Å². The predicted octanol–water partition coefficient (Wildman–Crippen LogP) is 0.656. The molecule has 2 heterocycles. The highest BCUT2D eigenvalue weighted by atomic mass is 16.5. The fourth-order valence-corrected chi connectivity index (χ4v) is 3.32. The van der Waals surface area contributed by atoms with Gasteiger partial charge >= 0.3 is 0 Å². The summed E-state index contributed by atoms with van der Waals surface area (Å²) in [5.41, 5.74) is -0.460. The summed E-state index contributed by atoms with van der Waals surface area (Å²) in [6.07, 6.45) is 6.07. The molecule has 7 heteroatoms. The van der Waals surface area contributed by atoms with E-state index in [0.717, 1.165) is 0 Å². The van der Waals surface area contributed by atoms with Crippen molar-refractivity contribution in [1.82, 2.24) is 15.5 Å². The molecule has 0 unspecified atom stereocenters. The minimum Gasteiger partial charge on any atom is -0.467 e. The van der Waals surface area contributed by atoms with Crippen LogP contribution in [0.1, 0.15) is 36.5 Å². The number of terminal acetylenes is 1. The Kier molecular flexibility index (Phi) is 4.85. The van der Waals surface area contributed by atoms with Crippen LogP contribution < -0.4 is 15.4 Å². The van der Waals surface area contributed by atoms with Crippen molar-refractivity contribution in [3.8, 4) is 18.1 Å². The quantitative estimate of drug-likeness (QED) is 0.780. The summed E-state index contributed by atoms with van der Waals surface area (Å²) in [4.78, 5) is 38.6. The van der Waals surface area contributed by atoms with Gasteiger partial charge < -0.3 is 20.3 Å². The summed E-state index contributed by atoms with van der Waals surface area (Å²) in [7, 11) is 0. The monoisotopic (exact) mass is 355 g/mol. The number of para-hydroxylation sites is 1. The molecule has 2 aliphatic rings. The Labute approximate surface area is 152 Å². The molecule has 2 N–H and O–H groups in total. The fraction of sp³-hybridized carbons (Fsp3) is 0.421. The van der Waals surface area contributed by atoms with Crippen molar-refractivity contribution in [3.05, 3.63) is 29.8 Å². The number of likely N-dealkylation sites (tertiary alicyclic amines) is 1. The molecule has 0 saturated carbocycles. The molecule has 2 atom stereocenters. The van der Waals surface area contributed by atoms with Crippen LogP contribution in [0.5, 0.6) is 5.75 Å². The summed E-state index contributed by atoms with van der Waals surface area (Å²) in [6, 6.07) is 6.38. The van der Waals surface area contributed by atoms with Gasteiger partial charge in [0.25, 0.3) is 5.91 Å². The zero-order valence-corrected chi connectivity index (χ0v) is 14.6. The number of carbonyl (C=O) groups is 3. The third-order valence-electron chi connectivity index (χ3n) is 4.81. The van der Waals surface area contributed by atoms with Crippen LogP contribution in [0.25, 0.3) is 0 Å². The molecule has 3 amide bonds. The van der Waals surface area contributed by atoms with Crippen molar-refractivity contribution in [2.75, 3.05) is 13.1 Å². The average molecular weight is 355 g/mol. The number of carbonyl (C=O) groups excluding carboxylic acids is 3. The highest BCUT2D eigenvalue weighted by Gasteiger charge is 2.43. The molecular formula is C19H21N3O4. The molecule has 2 aliphatic heterocycles. The van der Waals surface area contributed by atoms with Crippen LogP contribution in [0.3, 0.4) is 0 Å². The van der Waals surface area contributed by atoms with Crippen LogP contribution in [0.2, 0.25) is 0 Å². The molecule has 1 aromatic rings. The van der Waals surface area contributed by atoms with Gasteiger partial charge in [0, 0.05) is 25.8 Å². The van der Waals surface area contributed by atoms with E-state index in [4.69, 9.17) is 11.2 Å². The van der Waals surface area contributed by atoms with Crippen LogP contribution in [0.15, 0.2) is 24.3 Å². The summed E-state index contributed by atoms with van der Waals surface area (Å²) < 4.78 is 6.07. The van der Waals surface area contributed by atoms with Crippen molar-refractivity contribution < 1.29 is 19.1 Å². The molecule has 136 valence electrons. The van der Waals surface area contributed by atoms with Gasteiger partial charge in [-0.05, 0) is 19.1 Å². The van der Waals surface area contributed by atoms with Gasteiger partial charge in [-0.2, -0.15) is 0 Å². The zero-order valence-electron chi connectivity index (χ0n) is 14.6. The average Bonchev–Trinajstić information content (AvgIpc) is 2.79. The Morgan fingerprint density at radius 1 is 1.42 bits per heavy atom. The second-order valence-electron chi connectivity index (χ2n) is 6.48. The van der Waals surface area contributed by atoms with E-state index in [2.05, 4.69) is 16.6 Å². The number of nitrogens with zero attached hydrogens (tertiary/aromatic N) is 1. The number of nitrogens with one attached hydrogen (secondary N) is 2.